The van der Waals surface area contributed by atoms with Gasteiger partial charge in [-0.3, -0.25) is 4.79 Å². The largest absolute Gasteiger partial charge is 0.495 e. The van der Waals surface area contributed by atoms with Crippen LogP contribution in [0, 0.1) is 6.92 Å². The number of carbonyl (C=O) groups is 1. The van der Waals surface area contributed by atoms with Gasteiger partial charge in [-0.25, -0.2) is 8.42 Å². The highest BCUT2D eigenvalue weighted by Crippen LogP contribution is 2.32. The number of hydrogen-bond acceptors (Lipinski definition) is 5. The maximum absolute atomic E-state index is 13.0. The van der Waals surface area contributed by atoms with Gasteiger partial charge >= 0.3 is 0 Å². The minimum Gasteiger partial charge on any atom is -0.495 e. The summed E-state index contributed by atoms with van der Waals surface area (Å²) in [6.45, 7) is 1.36. The van der Waals surface area contributed by atoms with Gasteiger partial charge in [-0.15, -0.1) is 0 Å². The molecule has 0 heterocycles. The molecule has 168 valence electrons. The summed E-state index contributed by atoms with van der Waals surface area (Å²) in [6.07, 6.45) is 0. The summed E-state index contributed by atoms with van der Waals surface area (Å²) in [6, 6.07) is 18.7. The van der Waals surface area contributed by atoms with Crippen LogP contribution in [0.5, 0.6) is 17.2 Å². The maximum atomic E-state index is 13.0. The lowest BCUT2D eigenvalue weighted by Gasteiger charge is -2.19. The molecule has 0 aliphatic heterocycles. The van der Waals surface area contributed by atoms with E-state index in [4.69, 9.17) is 21.1 Å². The number of likely N-dealkylation sites (N-methyl/N-ethyl adjacent to an activating group) is 1. The summed E-state index contributed by atoms with van der Waals surface area (Å²) in [7, 11) is -1.25. The Morgan fingerprint density at radius 2 is 1.72 bits per heavy atom. The maximum Gasteiger partial charge on any atom is 0.246 e. The molecule has 0 bridgehead atoms. The summed E-state index contributed by atoms with van der Waals surface area (Å²) in [5.41, 5.74) is 1.08. The second-order valence-corrected chi connectivity index (χ2v) is 9.47. The first-order valence-corrected chi connectivity index (χ1v) is 11.5. The molecule has 0 aliphatic rings. The normalized spacial score (nSPS) is 11.3. The van der Waals surface area contributed by atoms with E-state index in [1.54, 1.807) is 43.3 Å². The predicted octanol–water partition coefficient (Wildman–Crippen LogP) is 4.71. The molecular formula is C23H23ClN2O5S. The van der Waals surface area contributed by atoms with Crippen molar-refractivity contribution >= 4 is 33.2 Å². The Morgan fingerprint density at radius 1 is 1.03 bits per heavy atom. The molecule has 0 unspecified atom stereocenters. The van der Waals surface area contributed by atoms with Crippen molar-refractivity contribution in [3.05, 3.63) is 77.3 Å². The lowest BCUT2D eigenvalue weighted by atomic mass is 10.2. The average molecular weight is 475 g/mol. The number of aryl methyl sites for hydroxylation is 1. The number of halogens is 1. The Kier molecular flexibility index (Phi) is 7.40. The van der Waals surface area contributed by atoms with Crippen molar-refractivity contribution in [1.82, 2.24) is 4.31 Å². The Bertz CT molecular complexity index is 1220. The van der Waals surface area contributed by atoms with Crippen LogP contribution >= 0.6 is 11.6 Å². The van der Waals surface area contributed by atoms with Crippen molar-refractivity contribution in [3.63, 3.8) is 0 Å². The number of rotatable bonds is 8. The van der Waals surface area contributed by atoms with Crippen molar-refractivity contribution in [2.24, 2.45) is 0 Å². The van der Waals surface area contributed by atoms with E-state index in [0.717, 1.165) is 9.87 Å². The molecule has 0 saturated carbocycles. The number of para-hydroxylation sites is 1. The summed E-state index contributed by atoms with van der Waals surface area (Å²) in [4.78, 5) is 12.7. The second kappa shape index (κ2) is 10.0. The molecule has 0 saturated heterocycles. The molecule has 7 nitrogen and oxygen atoms in total. The van der Waals surface area contributed by atoms with Gasteiger partial charge in [0.05, 0.1) is 19.3 Å². The topological polar surface area (TPSA) is 84.9 Å². The molecule has 0 atom stereocenters. The van der Waals surface area contributed by atoms with Crippen LogP contribution in [0.15, 0.2) is 71.6 Å². The van der Waals surface area contributed by atoms with Crippen LogP contribution in [0.1, 0.15) is 5.56 Å². The van der Waals surface area contributed by atoms with Crippen molar-refractivity contribution < 1.29 is 22.7 Å². The molecule has 9 heteroatoms. The third kappa shape index (κ3) is 5.59. The molecule has 0 spiro atoms. The van der Waals surface area contributed by atoms with E-state index < -0.39 is 22.5 Å². The number of benzene rings is 3. The number of anilines is 1. The SMILES string of the molecule is COc1ccc(C)cc1S(=O)(=O)N(C)CC(=O)Nc1cc(Cl)ccc1Oc1ccccc1. The molecule has 3 aromatic carbocycles. The smallest absolute Gasteiger partial charge is 0.246 e. The Hall–Kier alpha value is -3.07. The van der Waals surface area contributed by atoms with Crippen molar-refractivity contribution in [2.45, 2.75) is 11.8 Å². The Morgan fingerprint density at radius 3 is 2.41 bits per heavy atom. The zero-order chi connectivity index (χ0) is 23.3. The molecular weight excluding hydrogens is 452 g/mol. The zero-order valence-electron chi connectivity index (χ0n) is 17.8. The van der Waals surface area contributed by atoms with Crippen LogP contribution in [0.2, 0.25) is 5.02 Å². The summed E-state index contributed by atoms with van der Waals surface area (Å²) in [5.74, 6) is 0.607. The van der Waals surface area contributed by atoms with Crippen LogP contribution in [0.25, 0.3) is 0 Å². The van der Waals surface area contributed by atoms with E-state index in [0.29, 0.717) is 22.2 Å². The minimum atomic E-state index is -3.97. The van der Waals surface area contributed by atoms with Gasteiger partial charge in [0.2, 0.25) is 15.9 Å². The first kappa shape index (κ1) is 23.6. The highest BCUT2D eigenvalue weighted by Gasteiger charge is 2.27. The average Bonchev–Trinajstić information content (AvgIpc) is 2.76. The Labute approximate surface area is 192 Å². The van der Waals surface area contributed by atoms with Crippen LogP contribution in [-0.2, 0) is 14.8 Å². The number of amides is 1. The second-order valence-electron chi connectivity index (χ2n) is 7.02. The van der Waals surface area contributed by atoms with Gasteiger partial charge in [-0.05, 0) is 55.0 Å². The van der Waals surface area contributed by atoms with E-state index in [1.807, 2.05) is 18.2 Å². The fourth-order valence-electron chi connectivity index (χ4n) is 2.93. The predicted molar refractivity (Wildman–Crippen MR) is 124 cm³/mol. The van der Waals surface area contributed by atoms with E-state index in [2.05, 4.69) is 5.32 Å². The number of ether oxygens (including phenoxy) is 2. The van der Waals surface area contributed by atoms with E-state index in [-0.39, 0.29) is 10.6 Å². The van der Waals surface area contributed by atoms with Crippen molar-refractivity contribution in [1.29, 1.82) is 0 Å². The van der Waals surface area contributed by atoms with Gasteiger partial charge in [-0.1, -0.05) is 35.9 Å². The van der Waals surface area contributed by atoms with Gasteiger partial charge in [0.25, 0.3) is 0 Å². The molecule has 0 radical (unpaired) electrons. The fourth-order valence-corrected chi connectivity index (χ4v) is 4.47. The third-order valence-electron chi connectivity index (χ3n) is 4.56. The number of hydrogen-bond donors (Lipinski definition) is 1. The van der Waals surface area contributed by atoms with Crippen LogP contribution in [0.4, 0.5) is 5.69 Å². The van der Waals surface area contributed by atoms with E-state index in [1.165, 1.54) is 26.3 Å². The molecule has 0 aliphatic carbocycles. The molecule has 32 heavy (non-hydrogen) atoms. The standard InChI is InChI=1S/C23H23ClN2O5S/c1-16-9-11-21(30-3)22(13-16)32(28,29)26(2)15-23(27)25-19-14-17(24)10-12-20(19)31-18-7-5-4-6-8-18/h4-14H,15H2,1-3H3,(H,25,27). The Balaban J connectivity index is 1.78. The lowest BCUT2D eigenvalue weighted by molar-refractivity contribution is -0.116. The molecule has 3 rings (SSSR count). The first-order chi connectivity index (χ1) is 15.2. The van der Waals surface area contributed by atoms with Gasteiger partial charge in [-0.2, -0.15) is 4.31 Å². The number of methoxy groups -OCH3 is 1. The summed E-state index contributed by atoms with van der Waals surface area (Å²) >= 11 is 6.08. The first-order valence-electron chi connectivity index (χ1n) is 9.64. The highest BCUT2D eigenvalue weighted by atomic mass is 35.5. The fraction of sp³-hybridized carbons (Fsp3) is 0.174. The molecule has 3 aromatic rings. The summed E-state index contributed by atoms with van der Waals surface area (Å²) < 4.78 is 38.0. The quantitative estimate of drug-likeness (QED) is 0.511. The van der Waals surface area contributed by atoms with Crippen molar-refractivity contribution in [3.8, 4) is 17.2 Å². The van der Waals surface area contributed by atoms with Gasteiger partial charge < -0.3 is 14.8 Å². The highest BCUT2D eigenvalue weighted by molar-refractivity contribution is 7.89. The van der Waals surface area contributed by atoms with Crippen molar-refractivity contribution in [2.75, 3.05) is 26.0 Å². The minimum absolute atomic E-state index is 0.00819. The molecule has 0 fully saturated rings. The van der Waals surface area contributed by atoms with E-state index >= 15 is 0 Å². The van der Waals surface area contributed by atoms with Gasteiger partial charge in [0.15, 0.2) is 5.75 Å². The van der Waals surface area contributed by atoms with Crippen LogP contribution in [-0.4, -0.2) is 39.3 Å². The summed E-state index contributed by atoms with van der Waals surface area (Å²) in [5, 5.41) is 3.07. The monoisotopic (exact) mass is 474 g/mol. The van der Waals surface area contributed by atoms with E-state index in [9.17, 15) is 13.2 Å². The van der Waals surface area contributed by atoms with Gasteiger partial charge in [0, 0.05) is 12.1 Å². The lowest BCUT2D eigenvalue weighted by Crippen LogP contribution is -2.35. The van der Waals surface area contributed by atoms with Gasteiger partial charge in [0.1, 0.15) is 16.4 Å². The molecule has 0 aromatic heterocycles. The number of sulfonamides is 1. The molecule has 1 amide bonds. The number of carbonyl (C=O) groups excluding carboxylic acids is 1. The number of nitrogens with one attached hydrogen (secondary N) is 1. The van der Waals surface area contributed by atoms with Crippen LogP contribution in [0.3, 0.4) is 0 Å². The van der Waals surface area contributed by atoms with Crippen LogP contribution < -0.4 is 14.8 Å². The zero-order valence-corrected chi connectivity index (χ0v) is 19.4. The molecule has 1 N–H and O–H groups in total. The number of nitrogens with zero attached hydrogens (tertiary/aromatic N) is 1. The third-order valence-corrected chi connectivity index (χ3v) is 6.62.